The van der Waals surface area contributed by atoms with E-state index in [9.17, 15) is 9.59 Å². The zero-order valence-electron chi connectivity index (χ0n) is 16.0. The number of rotatable bonds is 8. The van der Waals surface area contributed by atoms with Crippen molar-refractivity contribution in [1.29, 1.82) is 0 Å². The lowest BCUT2D eigenvalue weighted by Crippen LogP contribution is -2.13. The van der Waals surface area contributed by atoms with Gasteiger partial charge in [-0.05, 0) is 31.7 Å². The van der Waals surface area contributed by atoms with Gasteiger partial charge in [-0.25, -0.2) is 4.98 Å². The molecular formula is C18H26N4O3S. The molecule has 0 bridgehead atoms. The molecule has 7 nitrogen and oxygen atoms in total. The Kier molecular flexibility index (Phi) is 6.90. The molecule has 1 amide bonds. The van der Waals surface area contributed by atoms with Gasteiger partial charge < -0.3 is 10.1 Å². The van der Waals surface area contributed by atoms with Crippen molar-refractivity contribution in [2.75, 3.05) is 12.4 Å². The van der Waals surface area contributed by atoms with E-state index < -0.39 is 0 Å². The van der Waals surface area contributed by atoms with Crippen LogP contribution in [0.4, 0.5) is 5.13 Å². The van der Waals surface area contributed by atoms with Crippen LogP contribution in [0.25, 0.3) is 0 Å². The SMILES string of the molecule is COC(=O)Cc1csc(NC(=O)CCc2c(C)nn(CC(C)C)c2C)n1. The van der Waals surface area contributed by atoms with E-state index in [-0.39, 0.29) is 18.3 Å². The van der Waals surface area contributed by atoms with Crippen molar-refractivity contribution in [3.63, 3.8) is 0 Å². The summed E-state index contributed by atoms with van der Waals surface area (Å²) in [5.74, 6) is 0.0742. The number of methoxy groups -OCH3 is 1. The molecule has 0 atom stereocenters. The van der Waals surface area contributed by atoms with E-state index in [1.54, 1.807) is 5.38 Å². The summed E-state index contributed by atoms with van der Waals surface area (Å²) in [7, 11) is 1.34. The number of aromatic nitrogens is 3. The molecular weight excluding hydrogens is 352 g/mol. The van der Waals surface area contributed by atoms with Crippen molar-refractivity contribution in [3.05, 3.63) is 28.0 Å². The third-order valence-corrected chi connectivity index (χ3v) is 4.83. The maximum absolute atomic E-state index is 12.2. The molecule has 0 aromatic carbocycles. The topological polar surface area (TPSA) is 86.1 Å². The molecule has 0 aliphatic carbocycles. The minimum atomic E-state index is -0.350. The predicted octanol–water partition coefficient (Wildman–Crippen LogP) is 2.90. The Morgan fingerprint density at radius 1 is 1.35 bits per heavy atom. The molecule has 0 spiro atoms. The molecule has 0 aliphatic heterocycles. The first-order valence-electron chi connectivity index (χ1n) is 8.64. The van der Waals surface area contributed by atoms with E-state index >= 15 is 0 Å². The summed E-state index contributed by atoms with van der Waals surface area (Å²) >= 11 is 1.30. The second-order valence-corrected chi connectivity index (χ2v) is 7.53. The molecule has 0 unspecified atom stereocenters. The maximum atomic E-state index is 12.2. The van der Waals surface area contributed by atoms with Gasteiger partial charge in [0.1, 0.15) is 0 Å². The summed E-state index contributed by atoms with van der Waals surface area (Å²) in [6.07, 6.45) is 1.11. The van der Waals surface area contributed by atoms with Gasteiger partial charge in [-0.2, -0.15) is 5.10 Å². The van der Waals surface area contributed by atoms with Crippen LogP contribution in [0.3, 0.4) is 0 Å². The summed E-state index contributed by atoms with van der Waals surface area (Å²) in [4.78, 5) is 27.7. The van der Waals surface area contributed by atoms with Crippen LogP contribution in [0.1, 0.15) is 42.9 Å². The van der Waals surface area contributed by atoms with Gasteiger partial charge in [0.2, 0.25) is 5.91 Å². The first kappa shape index (κ1) is 20.1. The number of nitrogens with zero attached hydrogens (tertiary/aromatic N) is 3. The highest BCUT2D eigenvalue weighted by Gasteiger charge is 2.15. The third kappa shape index (κ3) is 5.39. The highest BCUT2D eigenvalue weighted by molar-refractivity contribution is 7.13. The van der Waals surface area contributed by atoms with Crippen LogP contribution in [0.15, 0.2) is 5.38 Å². The molecule has 2 aromatic heterocycles. The number of amides is 1. The zero-order valence-corrected chi connectivity index (χ0v) is 16.8. The van der Waals surface area contributed by atoms with Crippen LogP contribution >= 0.6 is 11.3 Å². The number of esters is 1. The summed E-state index contributed by atoms with van der Waals surface area (Å²) in [6.45, 7) is 9.23. The number of thiazole rings is 1. The van der Waals surface area contributed by atoms with Gasteiger partial charge >= 0.3 is 5.97 Å². The van der Waals surface area contributed by atoms with Crippen LogP contribution in [0.2, 0.25) is 0 Å². The van der Waals surface area contributed by atoms with Crippen molar-refractivity contribution < 1.29 is 14.3 Å². The Balaban J connectivity index is 1.91. The molecule has 8 heteroatoms. The molecule has 0 saturated heterocycles. The molecule has 2 aromatic rings. The second kappa shape index (κ2) is 8.93. The smallest absolute Gasteiger partial charge is 0.311 e. The average molecular weight is 378 g/mol. The largest absolute Gasteiger partial charge is 0.469 e. The predicted molar refractivity (Wildman–Crippen MR) is 101 cm³/mol. The Hall–Kier alpha value is -2.22. The van der Waals surface area contributed by atoms with Crippen LogP contribution < -0.4 is 5.32 Å². The Morgan fingerprint density at radius 3 is 2.73 bits per heavy atom. The molecule has 1 N–H and O–H groups in total. The number of aryl methyl sites for hydroxylation is 1. The molecule has 0 radical (unpaired) electrons. The van der Waals surface area contributed by atoms with Crippen molar-refractivity contribution >= 4 is 28.3 Å². The number of anilines is 1. The highest BCUT2D eigenvalue weighted by Crippen LogP contribution is 2.19. The second-order valence-electron chi connectivity index (χ2n) is 6.67. The van der Waals surface area contributed by atoms with Gasteiger partial charge in [-0.3, -0.25) is 14.3 Å². The quantitative estimate of drug-likeness (QED) is 0.714. The number of hydrogen-bond donors (Lipinski definition) is 1. The van der Waals surface area contributed by atoms with Gasteiger partial charge in [0.05, 0.1) is 24.9 Å². The zero-order chi connectivity index (χ0) is 19.3. The van der Waals surface area contributed by atoms with Crippen LogP contribution in [-0.4, -0.2) is 33.8 Å². The molecule has 2 heterocycles. The number of nitrogens with one attached hydrogen (secondary N) is 1. The molecule has 26 heavy (non-hydrogen) atoms. The first-order chi connectivity index (χ1) is 12.3. The highest BCUT2D eigenvalue weighted by atomic mass is 32.1. The molecule has 0 saturated carbocycles. The number of hydrogen-bond acceptors (Lipinski definition) is 6. The van der Waals surface area contributed by atoms with Gasteiger partial charge in [0, 0.05) is 24.0 Å². The lowest BCUT2D eigenvalue weighted by atomic mass is 10.1. The molecule has 2 rings (SSSR count). The Bertz CT molecular complexity index is 779. The summed E-state index contributed by atoms with van der Waals surface area (Å²) in [6, 6.07) is 0. The maximum Gasteiger partial charge on any atom is 0.311 e. The monoisotopic (exact) mass is 378 g/mol. The average Bonchev–Trinajstić information content (AvgIpc) is 3.10. The molecule has 142 valence electrons. The standard InChI is InChI=1S/C18H26N4O3S/c1-11(2)9-22-13(4)15(12(3)21-22)6-7-16(23)20-18-19-14(10-26-18)8-17(24)25-5/h10-11H,6-9H2,1-5H3,(H,19,20,23). The minimum Gasteiger partial charge on any atom is -0.469 e. The van der Waals surface area contributed by atoms with E-state index in [1.807, 2.05) is 11.6 Å². The number of carbonyl (C=O) groups is 2. The first-order valence-corrected chi connectivity index (χ1v) is 9.52. The molecule has 0 fully saturated rings. The van der Waals surface area contributed by atoms with Gasteiger partial charge in [0.15, 0.2) is 5.13 Å². The van der Waals surface area contributed by atoms with E-state index in [4.69, 9.17) is 0 Å². The fourth-order valence-electron chi connectivity index (χ4n) is 2.71. The summed E-state index contributed by atoms with van der Waals surface area (Å²) in [5, 5.41) is 9.62. The van der Waals surface area contributed by atoms with Crippen molar-refractivity contribution in [2.24, 2.45) is 5.92 Å². The van der Waals surface area contributed by atoms with Crippen LogP contribution in [0, 0.1) is 19.8 Å². The number of carbonyl (C=O) groups excluding carboxylic acids is 2. The van der Waals surface area contributed by atoms with Gasteiger partial charge in [-0.1, -0.05) is 13.8 Å². The van der Waals surface area contributed by atoms with E-state index in [0.717, 1.165) is 23.5 Å². The lowest BCUT2D eigenvalue weighted by Gasteiger charge is -2.08. The Morgan fingerprint density at radius 2 is 2.08 bits per heavy atom. The van der Waals surface area contributed by atoms with E-state index in [2.05, 4.69) is 40.9 Å². The van der Waals surface area contributed by atoms with Crippen molar-refractivity contribution in [1.82, 2.24) is 14.8 Å². The fourth-order valence-corrected chi connectivity index (χ4v) is 3.43. The lowest BCUT2D eigenvalue weighted by molar-refractivity contribution is -0.139. The normalized spacial score (nSPS) is 11.0. The minimum absolute atomic E-state index is 0.0978. The van der Waals surface area contributed by atoms with Gasteiger partial charge in [-0.15, -0.1) is 11.3 Å². The fraction of sp³-hybridized carbons (Fsp3) is 0.556. The molecule has 0 aliphatic rings. The van der Waals surface area contributed by atoms with Gasteiger partial charge in [0.25, 0.3) is 0 Å². The van der Waals surface area contributed by atoms with E-state index in [1.165, 1.54) is 18.4 Å². The van der Waals surface area contributed by atoms with E-state index in [0.29, 0.717) is 29.6 Å². The summed E-state index contributed by atoms with van der Waals surface area (Å²) < 4.78 is 6.63. The Labute approximate surface area is 157 Å². The van der Waals surface area contributed by atoms with Crippen LogP contribution in [0.5, 0.6) is 0 Å². The van der Waals surface area contributed by atoms with Crippen molar-refractivity contribution in [3.8, 4) is 0 Å². The number of ether oxygens (including phenoxy) is 1. The third-order valence-electron chi connectivity index (χ3n) is 4.02. The van der Waals surface area contributed by atoms with Crippen LogP contribution in [-0.2, 0) is 33.7 Å². The summed E-state index contributed by atoms with van der Waals surface area (Å²) in [5.41, 5.74) is 3.83. The van der Waals surface area contributed by atoms with Crippen molar-refractivity contribution in [2.45, 2.75) is 53.5 Å².